The topological polar surface area (TPSA) is 73.1 Å². The zero-order chi connectivity index (χ0) is 15.2. The second-order valence-corrected chi connectivity index (χ2v) is 5.33. The van der Waals surface area contributed by atoms with Crippen molar-refractivity contribution in [2.24, 2.45) is 0 Å². The van der Waals surface area contributed by atoms with E-state index in [0.29, 0.717) is 16.3 Å². The first kappa shape index (κ1) is 15.1. The molecule has 21 heavy (non-hydrogen) atoms. The molecule has 2 aromatic rings. The number of benzene rings is 1. The fourth-order valence-corrected chi connectivity index (χ4v) is 2.50. The summed E-state index contributed by atoms with van der Waals surface area (Å²) < 4.78 is 0.734. The minimum atomic E-state index is -0.159. The van der Waals surface area contributed by atoms with Gasteiger partial charge in [-0.25, -0.2) is 0 Å². The molecule has 0 aliphatic carbocycles. The van der Waals surface area contributed by atoms with Gasteiger partial charge in [0.05, 0.1) is 5.75 Å². The van der Waals surface area contributed by atoms with Gasteiger partial charge in [-0.15, -0.1) is 0 Å². The lowest BCUT2D eigenvalue weighted by Crippen LogP contribution is -2.28. The highest BCUT2D eigenvalue weighted by Gasteiger charge is 2.11. The van der Waals surface area contributed by atoms with Crippen LogP contribution in [0.4, 0.5) is 5.69 Å². The third kappa shape index (κ3) is 4.32. The van der Waals surface area contributed by atoms with Gasteiger partial charge in [0.25, 0.3) is 5.03 Å². The zero-order valence-electron chi connectivity index (χ0n) is 11.4. The molecule has 0 bridgehead atoms. The van der Waals surface area contributed by atoms with Crippen molar-refractivity contribution in [1.82, 2.24) is 0 Å². The highest BCUT2D eigenvalue weighted by atomic mass is 32.2. The summed E-state index contributed by atoms with van der Waals surface area (Å²) in [7, 11) is 0. The molecule has 0 aliphatic rings. The van der Waals surface area contributed by atoms with Crippen LogP contribution in [-0.4, -0.2) is 17.4 Å². The number of ketones is 1. The summed E-state index contributed by atoms with van der Waals surface area (Å²) in [5, 5.41) is 14.6. The van der Waals surface area contributed by atoms with Gasteiger partial charge >= 0.3 is 0 Å². The average molecular weight is 302 g/mol. The summed E-state index contributed by atoms with van der Waals surface area (Å²) in [6, 6.07) is 11.7. The summed E-state index contributed by atoms with van der Waals surface area (Å²) in [6.07, 6.45) is 1.40. The quantitative estimate of drug-likeness (QED) is 0.398. The Labute approximate surface area is 126 Å². The number of Topliss-reactive ketones (excluding diaryl/α,β-unsaturated/α-hetero) is 1. The van der Waals surface area contributed by atoms with Gasteiger partial charge in [0.1, 0.15) is 0 Å². The monoisotopic (exact) mass is 302 g/mol. The fourth-order valence-electron chi connectivity index (χ4n) is 1.69. The molecule has 0 atom stereocenters. The molecule has 1 N–H and O–H groups in total. The largest absolute Gasteiger partial charge is 0.618 e. The molecule has 1 aromatic carbocycles. The first-order valence-electron chi connectivity index (χ1n) is 6.28. The van der Waals surface area contributed by atoms with Crippen LogP contribution in [-0.2, 0) is 4.79 Å². The molecule has 0 radical (unpaired) electrons. The highest BCUT2D eigenvalue weighted by Crippen LogP contribution is 2.16. The number of nitrogens with zero attached hydrogens (tertiary/aromatic N) is 1. The molecule has 1 heterocycles. The van der Waals surface area contributed by atoms with Gasteiger partial charge in [0.15, 0.2) is 12.0 Å². The summed E-state index contributed by atoms with van der Waals surface area (Å²) in [5.41, 5.74) is 1.19. The molecule has 108 valence electrons. The highest BCUT2D eigenvalue weighted by molar-refractivity contribution is 7.99. The lowest BCUT2D eigenvalue weighted by atomic mass is 10.1. The van der Waals surface area contributed by atoms with Crippen molar-refractivity contribution in [3.63, 3.8) is 0 Å². The molecular weight excluding hydrogens is 288 g/mol. The maximum atomic E-state index is 12.0. The summed E-state index contributed by atoms with van der Waals surface area (Å²) in [6.45, 7) is 1.42. The lowest BCUT2D eigenvalue weighted by molar-refractivity contribution is -0.645. The van der Waals surface area contributed by atoms with Crippen LogP contribution in [0.3, 0.4) is 0 Å². The van der Waals surface area contributed by atoms with Gasteiger partial charge in [0, 0.05) is 30.3 Å². The van der Waals surface area contributed by atoms with Crippen LogP contribution in [0.1, 0.15) is 17.3 Å². The first-order chi connectivity index (χ1) is 10.1. The van der Waals surface area contributed by atoms with Crippen LogP contribution in [0.2, 0.25) is 0 Å². The Balaban J connectivity index is 1.97. The second kappa shape index (κ2) is 6.90. The van der Waals surface area contributed by atoms with Crippen molar-refractivity contribution in [2.75, 3.05) is 11.1 Å². The minimum absolute atomic E-state index is 0.0711. The number of hydrogen-bond acceptors (Lipinski definition) is 4. The van der Waals surface area contributed by atoms with E-state index in [4.69, 9.17) is 0 Å². The Hall–Kier alpha value is -2.34. The van der Waals surface area contributed by atoms with Gasteiger partial charge in [0.2, 0.25) is 5.91 Å². The number of nitrogens with one attached hydrogen (secondary N) is 1. The van der Waals surface area contributed by atoms with Gasteiger partial charge in [-0.2, -0.15) is 4.73 Å². The smallest absolute Gasteiger partial charge is 0.251 e. The molecule has 1 aromatic heterocycles. The molecule has 0 aliphatic heterocycles. The molecule has 6 heteroatoms. The molecule has 2 rings (SSSR count). The summed E-state index contributed by atoms with van der Waals surface area (Å²) in [5.74, 6) is -0.0434. The Bertz CT molecular complexity index is 656. The van der Waals surface area contributed by atoms with Crippen LogP contribution in [0, 0.1) is 5.21 Å². The van der Waals surface area contributed by atoms with Crippen molar-refractivity contribution < 1.29 is 14.3 Å². The molecule has 0 unspecified atom stereocenters. The second-order valence-electron chi connectivity index (χ2n) is 4.34. The number of amides is 1. The summed E-state index contributed by atoms with van der Waals surface area (Å²) >= 11 is 1.20. The van der Waals surface area contributed by atoms with Gasteiger partial charge in [-0.1, -0.05) is 0 Å². The third-order valence-electron chi connectivity index (χ3n) is 2.67. The van der Waals surface area contributed by atoms with Crippen molar-refractivity contribution in [3.05, 3.63) is 59.4 Å². The number of thioether (sulfide) groups is 1. The molecule has 1 amide bonds. The first-order valence-corrected chi connectivity index (χ1v) is 7.26. The zero-order valence-corrected chi connectivity index (χ0v) is 12.2. The Kier molecular flexibility index (Phi) is 4.94. The van der Waals surface area contributed by atoms with Gasteiger partial charge in [-0.3, -0.25) is 9.59 Å². The standard InChI is InChI=1S/C15H14N2O3S/c1-11(18)16-13-7-5-12(6-8-13)14(19)10-21-15-4-2-3-9-17(15)20/h2-9H,10H2,1H3,(H,16,18). The van der Waals surface area contributed by atoms with E-state index in [1.807, 2.05) is 0 Å². The molecule has 0 saturated heterocycles. The van der Waals surface area contributed by atoms with E-state index in [9.17, 15) is 14.8 Å². The number of hydrogen-bond donors (Lipinski definition) is 1. The SMILES string of the molecule is CC(=O)Nc1ccc(C(=O)CSc2cccc[n+]2[O-])cc1. The van der Waals surface area contributed by atoms with Crippen LogP contribution < -0.4 is 10.0 Å². The predicted molar refractivity (Wildman–Crippen MR) is 81.2 cm³/mol. The van der Waals surface area contributed by atoms with Crippen LogP contribution in [0.15, 0.2) is 53.7 Å². The normalized spacial score (nSPS) is 10.1. The predicted octanol–water partition coefficient (Wildman–Crippen LogP) is 2.25. The molecule has 5 nitrogen and oxygen atoms in total. The molecule has 0 saturated carbocycles. The van der Waals surface area contributed by atoms with E-state index in [0.717, 1.165) is 4.73 Å². The number of pyridine rings is 1. The van der Waals surface area contributed by atoms with Crippen molar-refractivity contribution in [2.45, 2.75) is 11.9 Å². The maximum absolute atomic E-state index is 12.0. The van der Waals surface area contributed by atoms with E-state index in [1.165, 1.54) is 24.9 Å². The van der Waals surface area contributed by atoms with Crippen molar-refractivity contribution in [3.8, 4) is 0 Å². The number of carbonyl (C=O) groups is 2. The molecule has 0 spiro atoms. The number of carbonyl (C=O) groups excluding carboxylic acids is 2. The van der Waals surface area contributed by atoms with Gasteiger partial charge < -0.3 is 10.5 Å². The summed E-state index contributed by atoms with van der Waals surface area (Å²) in [4.78, 5) is 23.0. The van der Waals surface area contributed by atoms with E-state index in [1.54, 1.807) is 42.5 Å². The van der Waals surface area contributed by atoms with Crippen molar-refractivity contribution in [1.29, 1.82) is 0 Å². The maximum Gasteiger partial charge on any atom is 0.251 e. The van der Waals surface area contributed by atoms with Crippen LogP contribution in [0.25, 0.3) is 0 Å². The Morgan fingerprint density at radius 1 is 1.19 bits per heavy atom. The Morgan fingerprint density at radius 3 is 2.52 bits per heavy atom. The molecular formula is C15H14N2O3S. The van der Waals surface area contributed by atoms with E-state index in [-0.39, 0.29) is 17.4 Å². The average Bonchev–Trinajstić information content (AvgIpc) is 2.46. The molecule has 0 fully saturated rings. The van der Waals surface area contributed by atoms with Gasteiger partial charge in [-0.05, 0) is 42.1 Å². The van der Waals surface area contributed by atoms with E-state index < -0.39 is 0 Å². The van der Waals surface area contributed by atoms with Crippen LogP contribution in [0.5, 0.6) is 0 Å². The van der Waals surface area contributed by atoms with E-state index in [2.05, 4.69) is 5.32 Å². The van der Waals surface area contributed by atoms with E-state index >= 15 is 0 Å². The Morgan fingerprint density at radius 2 is 1.90 bits per heavy atom. The van der Waals surface area contributed by atoms with Crippen molar-refractivity contribution >= 4 is 29.1 Å². The number of aromatic nitrogens is 1. The fraction of sp³-hybridized carbons (Fsp3) is 0.133. The number of anilines is 1. The number of rotatable bonds is 5. The third-order valence-corrected chi connectivity index (χ3v) is 3.69. The lowest BCUT2D eigenvalue weighted by Gasteiger charge is -2.05. The minimum Gasteiger partial charge on any atom is -0.618 e. The van der Waals surface area contributed by atoms with Crippen LogP contribution >= 0.6 is 11.8 Å².